The summed E-state index contributed by atoms with van der Waals surface area (Å²) in [6, 6.07) is 26.2. The average Bonchev–Trinajstić information content (AvgIpc) is 3.23. The second kappa shape index (κ2) is 7.70. The summed E-state index contributed by atoms with van der Waals surface area (Å²) in [6.07, 6.45) is 0. The SMILES string of the molecule is O=S(=O)(c1ccccc1)c1ccc(OCc2cc(-c3ccccc3)no2)cc1. The van der Waals surface area contributed by atoms with Crippen LogP contribution in [0.4, 0.5) is 0 Å². The first-order valence-electron chi connectivity index (χ1n) is 8.67. The fraction of sp³-hybridized carbons (Fsp3) is 0.0455. The molecule has 0 spiro atoms. The van der Waals surface area contributed by atoms with Crippen molar-refractivity contribution in [2.45, 2.75) is 16.4 Å². The molecule has 0 amide bonds. The number of nitrogens with zero attached hydrogens (tertiary/aromatic N) is 1. The van der Waals surface area contributed by atoms with Crippen LogP contribution < -0.4 is 4.74 Å². The first-order chi connectivity index (χ1) is 13.6. The second-order valence-electron chi connectivity index (χ2n) is 6.12. The van der Waals surface area contributed by atoms with Gasteiger partial charge in [0, 0.05) is 11.6 Å². The van der Waals surface area contributed by atoms with E-state index < -0.39 is 9.84 Å². The predicted molar refractivity (Wildman–Crippen MR) is 105 cm³/mol. The van der Waals surface area contributed by atoms with Crippen LogP contribution in [-0.4, -0.2) is 13.6 Å². The molecule has 4 aromatic rings. The van der Waals surface area contributed by atoms with Crippen molar-refractivity contribution >= 4 is 9.84 Å². The van der Waals surface area contributed by atoms with Crippen LogP contribution in [0, 0.1) is 0 Å². The lowest BCUT2D eigenvalue weighted by atomic mass is 10.1. The molecule has 4 rings (SSSR count). The van der Waals surface area contributed by atoms with E-state index in [1.165, 1.54) is 12.1 Å². The van der Waals surface area contributed by atoms with Crippen LogP contribution in [0.3, 0.4) is 0 Å². The van der Waals surface area contributed by atoms with Crippen molar-refractivity contribution in [2.75, 3.05) is 0 Å². The van der Waals surface area contributed by atoms with E-state index in [0.29, 0.717) is 11.5 Å². The molecule has 0 saturated carbocycles. The Hall–Kier alpha value is -3.38. The van der Waals surface area contributed by atoms with E-state index in [4.69, 9.17) is 9.26 Å². The van der Waals surface area contributed by atoms with Gasteiger partial charge in [-0.3, -0.25) is 0 Å². The van der Waals surface area contributed by atoms with Gasteiger partial charge in [0.15, 0.2) is 5.76 Å². The van der Waals surface area contributed by atoms with E-state index >= 15 is 0 Å². The number of sulfone groups is 1. The van der Waals surface area contributed by atoms with E-state index in [2.05, 4.69) is 5.16 Å². The number of hydrogen-bond donors (Lipinski definition) is 0. The summed E-state index contributed by atoms with van der Waals surface area (Å²) in [4.78, 5) is 0.482. The van der Waals surface area contributed by atoms with E-state index in [-0.39, 0.29) is 16.4 Å². The zero-order chi connectivity index (χ0) is 19.4. The van der Waals surface area contributed by atoms with Gasteiger partial charge < -0.3 is 9.26 Å². The van der Waals surface area contributed by atoms with Gasteiger partial charge in [-0.05, 0) is 36.4 Å². The number of ether oxygens (including phenoxy) is 1. The van der Waals surface area contributed by atoms with Crippen molar-refractivity contribution in [3.63, 3.8) is 0 Å². The number of benzene rings is 3. The molecule has 0 saturated heterocycles. The molecule has 5 nitrogen and oxygen atoms in total. The van der Waals surface area contributed by atoms with Crippen LogP contribution >= 0.6 is 0 Å². The van der Waals surface area contributed by atoms with Crippen LogP contribution in [0.5, 0.6) is 5.75 Å². The molecule has 0 N–H and O–H groups in total. The monoisotopic (exact) mass is 391 g/mol. The third-order valence-electron chi connectivity index (χ3n) is 4.20. The van der Waals surface area contributed by atoms with Gasteiger partial charge in [0.1, 0.15) is 18.1 Å². The van der Waals surface area contributed by atoms with Gasteiger partial charge in [0.2, 0.25) is 9.84 Å². The zero-order valence-corrected chi connectivity index (χ0v) is 15.7. The summed E-state index contributed by atoms with van der Waals surface area (Å²) in [5, 5.41) is 4.04. The molecule has 0 bridgehead atoms. The highest BCUT2D eigenvalue weighted by atomic mass is 32.2. The van der Waals surface area contributed by atoms with Crippen molar-refractivity contribution in [3.05, 3.63) is 96.8 Å². The topological polar surface area (TPSA) is 69.4 Å². The Labute approximate surface area is 163 Å². The Morgan fingerprint density at radius 2 is 1.39 bits per heavy atom. The molecule has 0 aliphatic carbocycles. The molecule has 3 aromatic carbocycles. The largest absolute Gasteiger partial charge is 0.486 e. The Morgan fingerprint density at radius 1 is 0.786 bits per heavy atom. The minimum absolute atomic E-state index is 0.199. The van der Waals surface area contributed by atoms with Crippen molar-refractivity contribution in [3.8, 4) is 17.0 Å². The Bertz CT molecular complexity index is 1150. The molecule has 1 aromatic heterocycles. The Kier molecular flexibility index (Phi) is 4.95. The molecule has 6 heteroatoms. The van der Waals surface area contributed by atoms with Gasteiger partial charge in [0.05, 0.1) is 9.79 Å². The van der Waals surface area contributed by atoms with Crippen molar-refractivity contribution < 1.29 is 17.7 Å². The standard InChI is InChI=1S/C22H17NO4S/c24-28(25,20-9-5-2-6-10-20)21-13-11-18(12-14-21)26-16-19-15-22(23-27-19)17-7-3-1-4-8-17/h1-15H,16H2. The van der Waals surface area contributed by atoms with Gasteiger partial charge in [-0.15, -0.1) is 0 Å². The van der Waals surface area contributed by atoms with Crippen LogP contribution in [0.25, 0.3) is 11.3 Å². The lowest BCUT2D eigenvalue weighted by Crippen LogP contribution is -2.02. The average molecular weight is 391 g/mol. The molecule has 0 atom stereocenters. The maximum atomic E-state index is 12.6. The molecule has 0 aliphatic rings. The van der Waals surface area contributed by atoms with Crippen molar-refractivity contribution in [1.29, 1.82) is 0 Å². The number of rotatable bonds is 6. The maximum Gasteiger partial charge on any atom is 0.206 e. The quantitative estimate of drug-likeness (QED) is 0.474. The van der Waals surface area contributed by atoms with Crippen LogP contribution in [-0.2, 0) is 16.4 Å². The number of aromatic nitrogens is 1. The third-order valence-corrected chi connectivity index (χ3v) is 5.98. The highest BCUT2D eigenvalue weighted by molar-refractivity contribution is 7.91. The molecule has 1 heterocycles. The van der Waals surface area contributed by atoms with Crippen LogP contribution in [0.2, 0.25) is 0 Å². The van der Waals surface area contributed by atoms with Crippen LogP contribution in [0.1, 0.15) is 5.76 Å². The molecule has 140 valence electrons. The summed E-state index contributed by atoms with van der Waals surface area (Å²) in [7, 11) is -3.53. The highest BCUT2D eigenvalue weighted by Gasteiger charge is 2.17. The Balaban J connectivity index is 1.44. The third kappa shape index (κ3) is 3.82. The molecular weight excluding hydrogens is 374 g/mol. The lowest BCUT2D eigenvalue weighted by molar-refractivity contribution is 0.249. The maximum absolute atomic E-state index is 12.6. The first-order valence-corrected chi connectivity index (χ1v) is 10.2. The fourth-order valence-electron chi connectivity index (χ4n) is 2.73. The van der Waals surface area contributed by atoms with Gasteiger partial charge in [0.25, 0.3) is 0 Å². The normalized spacial score (nSPS) is 11.3. The summed E-state index contributed by atoms with van der Waals surface area (Å²) in [6.45, 7) is 0.199. The molecule has 0 aliphatic heterocycles. The summed E-state index contributed by atoms with van der Waals surface area (Å²) in [5.41, 5.74) is 1.71. The van der Waals surface area contributed by atoms with E-state index in [0.717, 1.165) is 11.3 Å². The van der Waals surface area contributed by atoms with E-state index in [1.54, 1.807) is 42.5 Å². The molecule has 28 heavy (non-hydrogen) atoms. The zero-order valence-electron chi connectivity index (χ0n) is 14.9. The van der Waals surface area contributed by atoms with Gasteiger partial charge in [-0.1, -0.05) is 53.7 Å². The molecule has 0 unspecified atom stereocenters. The highest BCUT2D eigenvalue weighted by Crippen LogP contribution is 2.24. The van der Waals surface area contributed by atoms with E-state index in [9.17, 15) is 8.42 Å². The molecular formula is C22H17NO4S. The molecule has 0 fully saturated rings. The fourth-order valence-corrected chi connectivity index (χ4v) is 4.01. The summed E-state index contributed by atoms with van der Waals surface area (Å²) >= 11 is 0. The molecule has 0 radical (unpaired) electrons. The predicted octanol–water partition coefficient (Wildman–Crippen LogP) is 4.75. The summed E-state index contributed by atoms with van der Waals surface area (Å²) < 4.78 is 36.2. The Morgan fingerprint density at radius 3 is 2.07 bits per heavy atom. The first kappa shape index (κ1) is 18.0. The second-order valence-corrected chi connectivity index (χ2v) is 8.07. The lowest BCUT2D eigenvalue weighted by Gasteiger charge is -2.07. The van der Waals surface area contributed by atoms with Crippen molar-refractivity contribution in [1.82, 2.24) is 5.16 Å². The van der Waals surface area contributed by atoms with Gasteiger partial charge in [-0.2, -0.15) is 0 Å². The van der Waals surface area contributed by atoms with Gasteiger partial charge in [-0.25, -0.2) is 8.42 Å². The minimum atomic E-state index is -3.53. The van der Waals surface area contributed by atoms with Gasteiger partial charge >= 0.3 is 0 Å². The summed E-state index contributed by atoms with van der Waals surface area (Å²) in [5.74, 6) is 1.13. The smallest absolute Gasteiger partial charge is 0.206 e. The van der Waals surface area contributed by atoms with E-state index in [1.807, 2.05) is 36.4 Å². The van der Waals surface area contributed by atoms with Crippen molar-refractivity contribution in [2.24, 2.45) is 0 Å². The minimum Gasteiger partial charge on any atom is -0.486 e. The van der Waals surface area contributed by atoms with Crippen LogP contribution in [0.15, 0.2) is 105 Å². The number of hydrogen-bond acceptors (Lipinski definition) is 5.